The van der Waals surface area contributed by atoms with Gasteiger partial charge in [0.15, 0.2) is 0 Å². The monoisotopic (exact) mass is 487 g/mol. The van der Waals surface area contributed by atoms with Gasteiger partial charge < -0.3 is 30.3 Å². The first kappa shape index (κ1) is 27.2. The van der Waals surface area contributed by atoms with Crippen molar-refractivity contribution in [1.29, 1.82) is 0 Å². The largest absolute Gasteiger partial charge is 0.475 e. The van der Waals surface area contributed by atoms with Gasteiger partial charge in [0.05, 0.1) is 25.6 Å². The first-order chi connectivity index (χ1) is 16.9. The molecule has 0 radical (unpaired) electrons. The molecule has 192 valence electrons. The van der Waals surface area contributed by atoms with Crippen molar-refractivity contribution < 1.29 is 29.2 Å². The van der Waals surface area contributed by atoms with Gasteiger partial charge in [-0.2, -0.15) is 0 Å². The number of hydrogen-bond acceptors (Lipinski definition) is 6. The first-order valence-corrected chi connectivity index (χ1v) is 12.8. The van der Waals surface area contributed by atoms with E-state index in [1.165, 1.54) is 0 Å². The Bertz CT molecular complexity index is 781. The Morgan fingerprint density at radius 2 is 1.71 bits per heavy atom. The molecule has 1 aliphatic heterocycles. The summed E-state index contributed by atoms with van der Waals surface area (Å²) in [6, 6.07) is 8.74. The molecule has 1 saturated heterocycles. The maximum Gasteiger partial charge on any atom is 0.475 e. The molecule has 3 rings (SSSR count). The molecule has 0 unspecified atom stereocenters. The van der Waals surface area contributed by atoms with Crippen LogP contribution >= 0.6 is 0 Å². The van der Waals surface area contributed by atoms with E-state index in [1.54, 1.807) is 4.90 Å². The molecule has 9 nitrogen and oxygen atoms in total. The maximum absolute atomic E-state index is 13.2. The van der Waals surface area contributed by atoms with E-state index < -0.39 is 25.0 Å². The summed E-state index contributed by atoms with van der Waals surface area (Å²) in [5.41, 5.74) is 1.12. The number of benzene rings is 1. The number of morpholine rings is 1. The topological polar surface area (TPSA) is 128 Å². The number of nitrogens with one attached hydrogen (secondary N) is 2. The number of amides is 3. The number of carbonyl (C=O) groups excluding carboxylic acids is 3. The van der Waals surface area contributed by atoms with E-state index in [1.807, 2.05) is 30.3 Å². The third-order valence-corrected chi connectivity index (χ3v) is 6.86. The Hall–Kier alpha value is -2.43. The van der Waals surface area contributed by atoms with Crippen molar-refractivity contribution in [2.45, 2.75) is 69.8 Å². The van der Waals surface area contributed by atoms with Gasteiger partial charge in [0.2, 0.25) is 17.7 Å². The molecule has 1 aromatic carbocycles. The normalized spacial score (nSPS) is 18.4. The third kappa shape index (κ3) is 8.94. The zero-order valence-electron chi connectivity index (χ0n) is 20.4. The van der Waals surface area contributed by atoms with E-state index in [0.29, 0.717) is 39.1 Å². The SMILES string of the molecule is O=C(N[C@H](CC(=O)N1CCOCC1)C(=O)N[C@@H](CCCc1ccccc1)B(O)O)C1CCCCC1. The molecule has 35 heavy (non-hydrogen) atoms. The Morgan fingerprint density at radius 3 is 2.37 bits per heavy atom. The maximum atomic E-state index is 13.2. The van der Waals surface area contributed by atoms with Crippen LogP contribution in [0.5, 0.6) is 0 Å². The van der Waals surface area contributed by atoms with Gasteiger partial charge >= 0.3 is 7.12 Å². The lowest BCUT2D eigenvalue weighted by Crippen LogP contribution is -2.56. The van der Waals surface area contributed by atoms with Gasteiger partial charge in [-0.1, -0.05) is 49.6 Å². The summed E-state index contributed by atoms with van der Waals surface area (Å²) in [5.74, 6) is -2.10. The van der Waals surface area contributed by atoms with Crippen LogP contribution in [0.3, 0.4) is 0 Å². The Balaban J connectivity index is 1.61. The summed E-state index contributed by atoms with van der Waals surface area (Å²) in [7, 11) is -1.75. The van der Waals surface area contributed by atoms with Crippen LogP contribution in [0.2, 0.25) is 0 Å². The standard InChI is InChI=1S/C25H38BN3O6/c30-23(29-14-16-35-17-15-29)18-21(27-24(31)20-11-5-2-6-12-20)25(32)28-22(26(33)34)13-7-10-19-8-3-1-4-9-19/h1,3-4,8-9,20-22,33-34H,2,5-7,10-18H2,(H,27,31)(H,28,32)/t21-,22+/m1/s1. The van der Waals surface area contributed by atoms with Crippen LogP contribution in [0.1, 0.15) is 56.9 Å². The van der Waals surface area contributed by atoms with Crippen molar-refractivity contribution in [2.24, 2.45) is 5.92 Å². The average molecular weight is 487 g/mol. The molecule has 1 aliphatic carbocycles. The predicted octanol–water partition coefficient (Wildman–Crippen LogP) is 0.820. The zero-order valence-corrected chi connectivity index (χ0v) is 20.4. The molecule has 1 heterocycles. The number of rotatable bonds is 11. The van der Waals surface area contributed by atoms with E-state index >= 15 is 0 Å². The second kappa shape index (κ2) is 14.2. The Kier molecular flexibility index (Phi) is 11.0. The smallest absolute Gasteiger partial charge is 0.426 e. The summed E-state index contributed by atoms with van der Waals surface area (Å²) in [4.78, 5) is 40.6. The molecule has 2 aliphatic rings. The van der Waals surface area contributed by atoms with Gasteiger partial charge in [-0.3, -0.25) is 14.4 Å². The second-order valence-corrected chi connectivity index (χ2v) is 9.50. The lowest BCUT2D eigenvalue weighted by molar-refractivity contribution is -0.139. The molecule has 3 amide bonds. The molecule has 1 aromatic rings. The number of nitrogens with zero attached hydrogens (tertiary/aromatic N) is 1. The number of hydrogen-bond donors (Lipinski definition) is 4. The van der Waals surface area contributed by atoms with Gasteiger partial charge in [0.1, 0.15) is 6.04 Å². The molecule has 4 N–H and O–H groups in total. The zero-order chi connectivity index (χ0) is 25.0. The fraction of sp³-hybridized carbons (Fsp3) is 0.640. The van der Waals surface area contributed by atoms with Crippen molar-refractivity contribution in [3.05, 3.63) is 35.9 Å². The predicted molar refractivity (Wildman–Crippen MR) is 132 cm³/mol. The van der Waals surface area contributed by atoms with Crippen LogP contribution in [0.4, 0.5) is 0 Å². The fourth-order valence-corrected chi connectivity index (χ4v) is 4.73. The number of aryl methyl sites for hydroxylation is 1. The van der Waals surface area contributed by atoms with Gasteiger partial charge in [0, 0.05) is 19.0 Å². The minimum absolute atomic E-state index is 0.164. The second-order valence-electron chi connectivity index (χ2n) is 9.50. The average Bonchev–Trinajstić information content (AvgIpc) is 2.89. The molecule has 1 saturated carbocycles. The van der Waals surface area contributed by atoms with Gasteiger partial charge in [-0.15, -0.1) is 0 Å². The molecule has 0 spiro atoms. The summed E-state index contributed by atoms with van der Waals surface area (Å²) in [6.07, 6.45) is 6.13. The highest BCUT2D eigenvalue weighted by Gasteiger charge is 2.33. The van der Waals surface area contributed by atoms with Gasteiger partial charge in [-0.25, -0.2) is 0 Å². The minimum Gasteiger partial charge on any atom is -0.426 e. The van der Waals surface area contributed by atoms with Crippen LogP contribution in [0.15, 0.2) is 30.3 Å². The highest BCUT2D eigenvalue weighted by molar-refractivity contribution is 6.43. The lowest BCUT2D eigenvalue weighted by atomic mass is 9.76. The number of carbonyl (C=O) groups is 3. The molecule has 0 bridgehead atoms. The van der Waals surface area contributed by atoms with E-state index in [-0.39, 0.29) is 24.2 Å². The van der Waals surface area contributed by atoms with E-state index in [4.69, 9.17) is 4.74 Å². The quantitative estimate of drug-likeness (QED) is 0.342. The van der Waals surface area contributed by atoms with E-state index in [0.717, 1.165) is 44.1 Å². The molecular formula is C25H38BN3O6. The third-order valence-electron chi connectivity index (χ3n) is 6.86. The van der Waals surface area contributed by atoms with Crippen LogP contribution in [0, 0.1) is 5.92 Å². The van der Waals surface area contributed by atoms with Crippen LogP contribution < -0.4 is 10.6 Å². The Morgan fingerprint density at radius 1 is 1.03 bits per heavy atom. The van der Waals surface area contributed by atoms with Gasteiger partial charge in [-0.05, 0) is 37.7 Å². The lowest BCUT2D eigenvalue weighted by Gasteiger charge is -2.30. The molecular weight excluding hydrogens is 449 g/mol. The highest BCUT2D eigenvalue weighted by atomic mass is 16.5. The van der Waals surface area contributed by atoms with Crippen LogP contribution in [-0.4, -0.2) is 78.1 Å². The fourth-order valence-electron chi connectivity index (χ4n) is 4.73. The minimum atomic E-state index is -1.75. The highest BCUT2D eigenvalue weighted by Crippen LogP contribution is 2.24. The van der Waals surface area contributed by atoms with Crippen LogP contribution in [0.25, 0.3) is 0 Å². The molecule has 0 aromatic heterocycles. The molecule has 2 fully saturated rings. The Labute approximate surface area is 207 Å². The van der Waals surface area contributed by atoms with E-state index in [9.17, 15) is 24.4 Å². The van der Waals surface area contributed by atoms with Crippen molar-refractivity contribution in [2.75, 3.05) is 26.3 Å². The first-order valence-electron chi connectivity index (χ1n) is 12.8. The van der Waals surface area contributed by atoms with Crippen molar-refractivity contribution in [1.82, 2.24) is 15.5 Å². The van der Waals surface area contributed by atoms with Crippen molar-refractivity contribution in [3.8, 4) is 0 Å². The summed E-state index contributed by atoms with van der Waals surface area (Å²) >= 11 is 0. The van der Waals surface area contributed by atoms with Crippen molar-refractivity contribution in [3.63, 3.8) is 0 Å². The number of ether oxygens (including phenoxy) is 1. The summed E-state index contributed by atoms with van der Waals surface area (Å²) in [6.45, 7) is 1.77. The van der Waals surface area contributed by atoms with Crippen molar-refractivity contribution >= 4 is 24.8 Å². The summed E-state index contributed by atoms with van der Waals surface area (Å²) < 4.78 is 5.30. The van der Waals surface area contributed by atoms with Crippen LogP contribution in [-0.2, 0) is 25.5 Å². The molecule has 10 heteroatoms. The van der Waals surface area contributed by atoms with Gasteiger partial charge in [0.25, 0.3) is 0 Å². The summed E-state index contributed by atoms with van der Waals surface area (Å²) in [5, 5.41) is 25.2. The molecule has 2 atom stereocenters. The van der Waals surface area contributed by atoms with E-state index in [2.05, 4.69) is 10.6 Å².